The molecule has 17 nitrogen and oxygen atoms in total. The number of amides is 4. The summed E-state index contributed by atoms with van der Waals surface area (Å²) in [6.45, 7) is 14.8. The van der Waals surface area contributed by atoms with Gasteiger partial charge in [-0.15, -0.1) is 0 Å². The molecule has 398 valence electrons. The molecule has 73 heavy (non-hydrogen) atoms. The molecule has 0 radical (unpaired) electrons. The maximum Gasteiger partial charge on any atom is 0.324 e. The van der Waals surface area contributed by atoms with Gasteiger partial charge in [0, 0.05) is 87.0 Å². The largest absolute Gasteiger partial charge is 0.508 e. The summed E-state index contributed by atoms with van der Waals surface area (Å²) in [5.74, 6) is 2.68. The molecule has 4 amide bonds. The zero-order chi connectivity index (χ0) is 49.0. The minimum Gasteiger partial charge on any atom is -0.508 e. The van der Waals surface area contributed by atoms with Crippen LogP contribution in [0.15, 0.2) is 55.1 Å². The van der Waals surface area contributed by atoms with Crippen LogP contribution in [0.2, 0.25) is 0 Å². The van der Waals surface area contributed by atoms with E-state index in [0.29, 0.717) is 69.7 Å². The van der Waals surface area contributed by atoms with Gasteiger partial charge in [0.25, 0.3) is 11.8 Å². The highest BCUT2D eigenvalue weighted by atomic mass is 32.1. The molecule has 4 aliphatic rings. The summed E-state index contributed by atoms with van der Waals surface area (Å²) in [5, 5.41) is 16.7. The number of phenolic OH excluding ortho intramolecular Hbond substituents is 1. The fraction of sp³-hybridized carbons (Fsp3) is 0.519. The van der Waals surface area contributed by atoms with E-state index in [4.69, 9.17) is 9.47 Å². The molecular weight excluding hydrogens is 1010 g/mol. The molecule has 4 aliphatic heterocycles. The van der Waals surface area contributed by atoms with Crippen LogP contribution >= 0.6 is 54.0 Å². The van der Waals surface area contributed by atoms with Crippen molar-refractivity contribution in [1.29, 1.82) is 0 Å². The minimum absolute atomic E-state index is 0. The average molecular weight is 1080 g/mol. The van der Waals surface area contributed by atoms with Crippen molar-refractivity contribution in [3.8, 4) is 40.0 Å². The van der Waals surface area contributed by atoms with Crippen LogP contribution in [-0.4, -0.2) is 153 Å². The first-order valence-corrected chi connectivity index (χ1v) is 24.2. The number of aromatic hydroxyl groups is 1. The molecule has 3 fully saturated rings. The molecule has 0 saturated carbocycles. The Hall–Kier alpha value is -4.95. The fourth-order valence-electron chi connectivity index (χ4n) is 10.3. The third-order valence-electron chi connectivity index (χ3n) is 13.8. The molecule has 0 unspecified atom stereocenters. The number of aryl methyl sites for hydroxylation is 1. The van der Waals surface area contributed by atoms with Gasteiger partial charge in [0.2, 0.25) is 11.8 Å². The predicted octanol–water partition coefficient (Wildman–Crippen LogP) is 4.26. The van der Waals surface area contributed by atoms with Gasteiger partial charge in [0.15, 0.2) is 0 Å². The van der Waals surface area contributed by atoms with Crippen molar-refractivity contribution in [2.24, 2.45) is 17.3 Å². The van der Waals surface area contributed by atoms with Gasteiger partial charge in [0.05, 0.1) is 38.0 Å². The second-order valence-corrected chi connectivity index (χ2v) is 19.9. The highest BCUT2D eigenvalue weighted by molar-refractivity contribution is 7.59. The Balaban J connectivity index is 0.00000289. The smallest absolute Gasteiger partial charge is 0.324 e. The standard InChI is InChI=1S/C52H65N9O8.4H2S/c1-7-60-44-13-12-35-26-40(44)41(47(60)38-28-53-32-54-29-38)27-52(4,5)31-69-51(67)42-10-8-16-61(56-42)50(66)43(24-34-22-37(35)25-39(62)23-34)55-48(64)46(33(2)3)57(6)49(65)36-14-17-59(30-36)45(63)11-9-15-58-18-20-68-21-19-58;;;;/h12-13,22-23,25-26,28-29,32-33,36,42-43,46,56,62H,7-8,10,14-21,24,27,30-31H2,1-6H3,(H,55,64);4*1H2/t36-,42-,43-,46-;;;;/m0..../s1. The van der Waals surface area contributed by atoms with Gasteiger partial charge >= 0.3 is 5.97 Å². The van der Waals surface area contributed by atoms with Gasteiger partial charge in [-0.3, -0.25) is 33.9 Å². The number of phenols is 1. The Morgan fingerprint density at radius 1 is 0.959 bits per heavy atom. The molecule has 0 spiro atoms. The zero-order valence-electron chi connectivity index (χ0n) is 42.6. The van der Waals surface area contributed by atoms with Gasteiger partial charge in [-0.05, 0) is 91.0 Å². The van der Waals surface area contributed by atoms with Crippen LogP contribution in [-0.2, 0) is 52.8 Å². The summed E-state index contributed by atoms with van der Waals surface area (Å²) in [6.07, 6.45) is 7.02. The number of esters is 1. The van der Waals surface area contributed by atoms with E-state index in [1.807, 2.05) is 26.0 Å². The van der Waals surface area contributed by atoms with Gasteiger partial charge in [-0.2, -0.15) is 54.0 Å². The highest BCUT2D eigenvalue weighted by Gasteiger charge is 2.40. The number of ether oxygens (including phenoxy) is 2. The van der Waals surface area contributed by atoms with Crippen molar-refractivity contribution in [3.05, 3.63) is 66.2 Å². The fourth-order valence-corrected chi connectivity index (χ4v) is 10.3. The second-order valence-electron chi connectivity index (χ2n) is 19.9. The van der Waals surface area contributed by atoms with Crippen molar-refractivity contribution >= 4 is 94.5 Å². The summed E-state index contributed by atoms with van der Waals surface area (Å²) < 4.78 is 13.7. The van der Waals surface area contributed by atoms with Gasteiger partial charge in [0.1, 0.15) is 30.2 Å². The van der Waals surface area contributed by atoms with Gasteiger partial charge in [-0.25, -0.2) is 15.4 Å². The molecule has 4 aromatic rings. The number of hydrazine groups is 1. The monoisotopic (exact) mass is 1080 g/mol. The zero-order valence-corrected chi connectivity index (χ0v) is 46.6. The molecule has 2 aromatic carbocycles. The van der Waals surface area contributed by atoms with Gasteiger partial charge < -0.3 is 34.3 Å². The third kappa shape index (κ3) is 14.1. The maximum atomic E-state index is 14.8. The number of fused-ring (bicyclic) bond motifs is 6. The van der Waals surface area contributed by atoms with E-state index in [1.165, 1.54) is 16.2 Å². The SMILES string of the molecule is CCn1c(-c2cncnc2)c2c3cc(ccc31)-c1cc(O)cc(c1)C[C@H](NC(=O)[C@H](C(C)C)N(C)C(=O)[C@H]1CCN(C(=O)C#CCN3CCOCC3)C1)C(=O)N1CCC[C@H](N1)C(=O)OCC(C)(C)C2.S.S.S.S. The molecule has 21 heteroatoms. The normalized spacial score (nSPS) is 20.3. The van der Waals surface area contributed by atoms with E-state index in [0.717, 1.165) is 46.4 Å². The predicted molar refractivity (Wildman–Crippen MR) is 300 cm³/mol. The lowest BCUT2D eigenvalue weighted by molar-refractivity contribution is -0.155. The number of benzene rings is 2. The van der Waals surface area contributed by atoms with Crippen LogP contribution < -0.4 is 10.7 Å². The number of cyclic esters (lactones) is 1. The van der Waals surface area contributed by atoms with Crippen molar-refractivity contribution in [1.82, 2.24) is 45.0 Å². The molecule has 3 N–H and O–H groups in total. The number of likely N-dealkylation sites (N-methyl/N-ethyl adjacent to an activating group) is 1. The molecule has 6 bridgehead atoms. The van der Waals surface area contributed by atoms with Crippen LogP contribution in [0.25, 0.3) is 33.3 Å². The minimum atomic E-state index is -1.17. The maximum absolute atomic E-state index is 14.8. The average Bonchev–Trinajstić information content (AvgIpc) is 3.96. The van der Waals surface area contributed by atoms with Crippen LogP contribution in [0.4, 0.5) is 0 Å². The molecule has 4 atom stereocenters. The van der Waals surface area contributed by atoms with E-state index in [1.54, 1.807) is 36.5 Å². The Bertz CT molecular complexity index is 2650. The third-order valence-corrected chi connectivity index (χ3v) is 13.8. The van der Waals surface area contributed by atoms with Gasteiger partial charge in [-0.1, -0.05) is 45.7 Å². The van der Waals surface area contributed by atoms with Crippen molar-refractivity contribution < 1.29 is 38.6 Å². The Labute approximate surface area is 456 Å². The topological polar surface area (TPSA) is 192 Å². The molecule has 2 aromatic heterocycles. The van der Waals surface area contributed by atoms with E-state index in [9.17, 15) is 29.1 Å². The summed E-state index contributed by atoms with van der Waals surface area (Å²) >= 11 is 0. The van der Waals surface area contributed by atoms with Crippen LogP contribution in [0, 0.1) is 29.1 Å². The van der Waals surface area contributed by atoms with Crippen LogP contribution in [0.1, 0.15) is 65.0 Å². The molecule has 3 saturated heterocycles. The summed E-state index contributed by atoms with van der Waals surface area (Å²) in [5.41, 5.74) is 8.61. The summed E-state index contributed by atoms with van der Waals surface area (Å²) in [6, 6.07) is 8.42. The van der Waals surface area contributed by atoms with E-state index in [2.05, 4.69) is 74.9 Å². The number of carbonyl (C=O) groups excluding carboxylic acids is 5. The van der Waals surface area contributed by atoms with Crippen molar-refractivity contribution in [3.63, 3.8) is 0 Å². The number of morpholine rings is 1. The molecule has 0 aliphatic carbocycles. The highest BCUT2D eigenvalue weighted by Crippen LogP contribution is 2.40. The van der Waals surface area contributed by atoms with E-state index >= 15 is 0 Å². The number of nitrogens with zero attached hydrogens (tertiary/aromatic N) is 7. The number of hydrogen-bond donors (Lipinski definition) is 3. The summed E-state index contributed by atoms with van der Waals surface area (Å²) in [4.78, 5) is 84.3. The number of likely N-dealkylation sites (tertiary alicyclic amines) is 1. The molecule has 8 rings (SSSR count). The Kier molecular flexibility index (Phi) is 22.0. The number of aromatic nitrogens is 3. The van der Waals surface area contributed by atoms with E-state index < -0.39 is 47.2 Å². The van der Waals surface area contributed by atoms with Crippen molar-refractivity contribution in [2.45, 2.75) is 91.4 Å². The van der Waals surface area contributed by atoms with Crippen LogP contribution in [0.3, 0.4) is 0 Å². The lowest BCUT2D eigenvalue weighted by Crippen LogP contribution is -2.62. The van der Waals surface area contributed by atoms with E-state index in [-0.39, 0.29) is 104 Å². The lowest BCUT2D eigenvalue weighted by Gasteiger charge is -2.37. The lowest BCUT2D eigenvalue weighted by atomic mass is 9.84. The number of nitrogens with one attached hydrogen (secondary N) is 2. The number of rotatable bonds is 8. The Morgan fingerprint density at radius 2 is 1.68 bits per heavy atom. The second kappa shape index (κ2) is 26.5. The number of carbonyl (C=O) groups is 5. The first-order chi connectivity index (χ1) is 33.1. The molecular formula is C52H73N9O8S4. The first-order valence-electron chi connectivity index (χ1n) is 24.2. The van der Waals surface area contributed by atoms with Crippen molar-refractivity contribution in [2.75, 3.05) is 66.1 Å². The molecule has 6 heterocycles. The quantitative estimate of drug-likeness (QED) is 0.168. The van der Waals surface area contributed by atoms with Crippen LogP contribution in [0.5, 0.6) is 5.75 Å². The first kappa shape index (κ1) is 60.6. The summed E-state index contributed by atoms with van der Waals surface area (Å²) in [7, 11) is 1.59. The number of hydrogen-bond acceptors (Lipinski definition) is 12. The Morgan fingerprint density at radius 3 is 2.38 bits per heavy atom.